The fourth-order valence-corrected chi connectivity index (χ4v) is 2.91. The van der Waals surface area contributed by atoms with E-state index in [2.05, 4.69) is 0 Å². The van der Waals surface area contributed by atoms with Crippen molar-refractivity contribution in [1.29, 1.82) is 0 Å². The van der Waals surface area contributed by atoms with Gasteiger partial charge < -0.3 is 9.84 Å². The molecular weight excluding hydrogens is 250 g/mol. The molecule has 1 unspecified atom stereocenters. The molecule has 1 saturated carbocycles. The van der Waals surface area contributed by atoms with E-state index in [9.17, 15) is 13.9 Å². The van der Waals surface area contributed by atoms with Crippen LogP contribution in [0.15, 0.2) is 18.2 Å². The molecule has 4 heteroatoms. The second-order valence-corrected chi connectivity index (χ2v) is 5.17. The van der Waals surface area contributed by atoms with E-state index in [1.54, 1.807) is 0 Å². The van der Waals surface area contributed by atoms with Crippen LogP contribution in [0.25, 0.3) is 0 Å². The molecule has 0 spiro atoms. The number of halogens is 2. The maximum atomic E-state index is 13.2. The molecule has 0 bridgehead atoms. The Kier molecular flexibility index (Phi) is 4.53. The molecular formula is C15H20F2O2. The number of benzene rings is 1. The molecule has 1 fully saturated rings. The van der Waals surface area contributed by atoms with E-state index in [1.807, 2.05) is 6.92 Å². The third-order valence-corrected chi connectivity index (χ3v) is 3.90. The van der Waals surface area contributed by atoms with Crippen molar-refractivity contribution in [3.63, 3.8) is 0 Å². The Labute approximate surface area is 112 Å². The van der Waals surface area contributed by atoms with Crippen molar-refractivity contribution in [2.24, 2.45) is 0 Å². The zero-order valence-corrected chi connectivity index (χ0v) is 11.2. The highest BCUT2D eigenvalue weighted by Crippen LogP contribution is 2.37. The van der Waals surface area contributed by atoms with Gasteiger partial charge in [0, 0.05) is 13.0 Å². The Balaban J connectivity index is 2.10. The summed E-state index contributed by atoms with van der Waals surface area (Å²) in [4.78, 5) is 0. The lowest BCUT2D eigenvalue weighted by Crippen LogP contribution is -2.43. The maximum absolute atomic E-state index is 13.2. The Morgan fingerprint density at radius 1 is 1.26 bits per heavy atom. The first-order valence-corrected chi connectivity index (χ1v) is 6.83. The number of ether oxygens (including phenoxy) is 1. The van der Waals surface area contributed by atoms with Crippen LogP contribution in [-0.4, -0.2) is 23.4 Å². The lowest BCUT2D eigenvalue weighted by atomic mass is 9.89. The van der Waals surface area contributed by atoms with E-state index in [1.165, 1.54) is 6.07 Å². The van der Waals surface area contributed by atoms with Crippen LogP contribution in [0.2, 0.25) is 0 Å². The molecule has 106 valence electrons. The molecule has 1 atom stereocenters. The quantitative estimate of drug-likeness (QED) is 0.890. The summed E-state index contributed by atoms with van der Waals surface area (Å²) in [7, 11) is 0. The molecule has 0 heterocycles. The number of aliphatic hydroxyl groups excluding tert-OH is 1. The van der Waals surface area contributed by atoms with Crippen LogP contribution in [0.4, 0.5) is 8.78 Å². The Morgan fingerprint density at radius 2 is 1.95 bits per heavy atom. The predicted octanol–water partition coefficient (Wildman–Crippen LogP) is 3.22. The fraction of sp³-hybridized carbons (Fsp3) is 0.600. The SMILES string of the molecule is CCOC1(C(O)Cc2ccc(F)c(F)c2)CCCC1. The summed E-state index contributed by atoms with van der Waals surface area (Å²) < 4.78 is 31.8. The zero-order chi connectivity index (χ0) is 13.9. The van der Waals surface area contributed by atoms with Crippen molar-refractivity contribution in [2.75, 3.05) is 6.61 Å². The van der Waals surface area contributed by atoms with E-state index in [0.717, 1.165) is 37.8 Å². The van der Waals surface area contributed by atoms with Crippen molar-refractivity contribution >= 4 is 0 Å². The lowest BCUT2D eigenvalue weighted by molar-refractivity contribution is -0.115. The second-order valence-electron chi connectivity index (χ2n) is 5.17. The van der Waals surface area contributed by atoms with Crippen LogP contribution in [-0.2, 0) is 11.2 Å². The van der Waals surface area contributed by atoms with Gasteiger partial charge >= 0.3 is 0 Å². The molecule has 0 aliphatic heterocycles. The minimum Gasteiger partial charge on any atom is -0.390 e. The summed E-state index contributed by atoms with van der Waals surface area (Å²) >= 11 is 0. The molecule has 1 aliphatic rings. The van der Waals surface area contributed by atoms with Gasteiger partial charge in [-0.15, -0.1) is 0 Å². The third kappa shape index (κ3) is 3.12. The van der Waals surface area contributed by atoms with Gasteiger partial charge in [0.2, 0.25) is 0 Å². The van der Waals surface area contributed by atoms with Crippen molar-refractivity contribution in [3.05, 3.63) is 35.4 Å². The average molecular weight is 270 g/mol. The van der Waals surface area contributed by atoms with E-state index < -0.39 is 23.3 Å². The smallest absolute Gasteiger partial charge is 0.159 e. The minimum absolute atomic E-state index is 0.289. The third-order valence-electron chi connectivity index (χ3n) is 3.90. The van der Waals surface area contributed by atoms with Gasteiger partial charge in [0.1, 0.15) is 0 Å². The molecule has 0 aromatic heterocycles. The average Bonchev–Trinajstić information content (AvgIpc) is 2.84. The molecule has 19 heavy (non-hydrogen) atoms. The number of hydrogen-bond donors (Lipinski definition) is 1. The summed E-state index contributed by atoms with van der Waals surface area (Å²) in [6.07, 6.45) is 3.33. The van der Waals surface area contributed by atoms with Crippen LogP contribution in [0.5, 0.6) is 0 Å². The first-order valence-electron chi connectivity index (χ1n) is 6.83. The molecule has 0 radical (unpaired) electrons. The molecule has 0 saturated heterocycles. The van der Waals surface area contributed by atoms with Gasteiger partial charge in [0.05, 0.1) is 11.7 Å². The van der Waals surface area contributed by atoms with Crippen LogP contribution in [0, 0.1) is 11.6 Å². The molecule has 0 amide bonds. The van der Waals surface area contributed by atoms with Crippen LogP contribution in [0.1, 0.15) is 38.2 Å². The summed E-state index contributed by atoms with van der Waals surface area (Å²) in [6.45, 7) is 2.46. The highest BCUT2D eigenvalue weighted by Gasteiger charge is 2.41. The van der Waals surface area contributed by atoms with E-state index in [-0.39, 0.29) is 6.42 Å². The van der Waals surface area contributed by atoms with Gasteiger partial charge in [-0.2, -0.15) is 0 Å². The molecule has 1 aromatic carbocycles. The largest absolute Gasteiger partial charge is 0.390 e. The Hall–Kier alpha value is -1.00. The van der Waals surface area contributed by atoms with Crippen molar-refractivity contribution in [1.82, 2.24) is 0 Å². The topological polar surface area (TPSA) is 29.5 Å². The number of hydrogen-bond acceptors (Lipinski definition) is 2. The van der Waals surface area contributed by atoms with Crippen LogP contribution >= 0.6 is 0 Å². The van der Waals surface area contributed by atoms with E-state index in [4.69, 9.17) is 4.74 Å². The molecule has 2 rings (SSSR count). The van der Waals surface area contributed by atoms with Gasteiger partial charge in [0.15, 0.2) is 11.6 Å². The minimum atomic E-state index is -0.874. The molecule has 1 N–H and O–H groups in total. The van der Waals surface area contributed by atoms with Gasteiger partial charge in [-0.05, 0) is 37.5 Å². The Bertz CT molecular complexity index is 428. The normalized spacial score (nSPS) is 19.6. The van der Waals surface area contributed by atoms with Crippen molar-refractivity contribution in [2.45, 2.75) is 50.7 Å². The first kappa shape index (κ1) is 14.4. The predicted molar refractivity (Wildman–Crippen MR) is 68.9 cm³/mol. The number of rotatable bonds is 5. The fourth-order valence-electron chi connectivity index (χ4n) is 2.91. The van der Waals surface area contributed by atoms with Crippen LogP contribution in [0.3, 0.4) is 0 Å². The van der Waals surface area contributed by atoms with Gasteiger partial charge in [-0.3, -0.25) is 0 Å². The first-order chi connectivity index (χ1) is 9.07. The zero-order valence-electron chi connectivity index (χ0n) is 11.2. The number of aliphatic hydroxyl groups is 1. The van der Waals surface area contributed by atoms with Gasteiger partial charge in [0.25, 0.3) is 0 Å². The molecule has 2 nitrogen and oxygen atoms in total. The van der Waals surface area contributed by atoms with Crippen molar-refractivity contribution in [3.8, 4) is 0 Å². The summed E-state index contributed by atoms with van der Waals surface area (Å²) in [5, 5.41) is 10.4. The second kappa shape index (κ2) is 5.97. The molecule has 1 aliphatic carbocycles. The van der Waals surface area contributed by atoms with Crippen LogP contribution < -0.4 is 0 Å². The summed E-state index contributed by atoms with van der Waals surface area (Å²) in [5.74, 6) is -1.74. The van der Waals surface area contributed by atoms with Gasteiger partial charge in [-0.1, -0.05) is 18.9 Å². The highest BCUT2D eigenvalue weighted by atomic mass is 19.2. The highest BCUT2D eigenvalue weighted by molar-refractivity contribution is 5.19. The maximum Gasteiger partial charge on any atom is 0.159 e. The standard InChI is InChI=1S/C15H20F2O2/c1-2-19-15(7-3-4-8-15)14(18)10-11-5-6-12(16)13(17)9-11/h5-6,9,14,18H,2-4,7-8,10H2,1H3. The summed E-state index contributed by atoms with van der Waals surface area (Å²) in [6, 6.07) is 3.75. The van der Waals surface area contributed by atoms with E-state index >= 15 is 0 Å². The van der Waals surface area contributed by atoms with Gasteiger partial charge in [-0.25, -0.2) is 8.78 Å². The lowest BCUT2D eigenvalue weighted by Gasteiger charge is -2.34. The monoisotopic (exact) mass is 270 g/mol. The summed E-state index contributed by atoms with van der Waals surface area (Å²) in [5.41, 5.74) is 0.0805. The van der Waals surface area contributed by atoms with E-state index in [0.29, 0.717) is 12.2 Å². The van der Waals surface area contributed by atoms with Crippen molar-refractivity contribution < 1.29 is 18.6 Å². The molecule has 1 aromatic rings. The Morgan fingerprint density at radius 3 is 2.53 bits per heavy atom.